The molecule has 0 aliphatic carbocycles. The van der Waals surface area contributed by atoms with E-state index in [1.165, 1.54) is 5.56 Å². The fraction of sp³-hybridized carbons (Fsp3) is 0.381. The van der Waals surface area contributed by atoms with Crippen molar-refractivity contribution in [1.29, 1.82) is 0 Å². The first-order chi connectivity index (χ1) is 12.1. The molecule has 1 unspecified atom stereocenters. The molecule has 3 rings (SSSR count). The van der Waals surface area contributed by atoms with Gasteiger partial charge in [0.1, 0.15) is 0 Å². The zero-order valence-corrected chi connectivity index (χ0v) is 16.2. The third kappa shape index (κ3) is 4.64. The monoisotopic (exact) mass is 373 g/mol. The lowest BCUT2D eigenvalue weighted by Gasteiger charge is -2.28. The van der Waals surface area contributed by atoms with Crippen LogP contribution < -0.4 is 5.73 Å². The normalized spacial score (nSPS) is 21.0. The number of benzene rings is 2. The molecule has 1 amide bonds. The number of halogens is 1. The summed E-state index contributed by atoms with van der Waals surface area (Å²) in [4.78, 5) is 16.8. The second-order valence-electron chi connectivity index (χ2n) is 6.99. The van der Waals surface area contributed by atoms with Crippen molar-refractivity contribution in [3.63, 3.8) is 0 Å². The second-order valence-corrected chi connectivity index (χ2v) is 6.99. The van der Waals surface area contributed by atoms with E-state index in [4.69, 9.17) is 5.73 Å². The molecule has 0 saturated carbocycles. The summed E-state index contributed by atoms with van der Waals surface area (Å²) in [6.07, 6.45) is 0. The van der Waals surface area contributed by atoms with E-state index in [-0.39, 0.29) is 36.3 Å². The molecule has 3 atom stereocenters. The first-order valence-electron chi connectivity index (χ1n) is 8.89. The Morgan fingerprint density at radius 2 is 1.69 bits per heavy atom. The van der Waals surface area contributed by atoms with Gasteiger partial charge in [-0.15, -0.1) is 12.4 Å². The van der Waals surface area contributed by atoms with Crippen LogP contribution in [0.3, 0.4) is 0 Å². The maximum absolute atomic E-state index is 12.8. The molecule has 5 heteroatoms. The van der Waals surface area contributed by atoms with Crippen molar-refractivity contribution < 1.29 is 4.79 Å². The molecule has 2 N–H and O–H groups in total. The summed E-state index contributed by atoms with van der Waals surface area (Å²) in [6.45, 7) is 4.21. The quantitative estimate of drug-likeness (QED) is 0.876. The van der Waals surface area contributed by atoms with Gasteiger partial charge in [-0.1, -0.05) is 60.7 Å². The van der Waals surface area contributed by atoms with E-state index < -0.39 is 0 Å². The van der Waals surface area contributed by atoms with E-state index in [2.05, 4.69) is 17.0 Å². The highest BCUT2D eigenvalue weighted by molar-refractivity contribution is 5.85. The standard InChI is InChI=1S/C21H27N3O.ClH/c1-16(21(25)23(2)13-17-9-5-3-6-10-17)24-14-19(20(22)15-24)18-11-7-4-8-12-18;/h3-12,16,19-20H,13-15,22H2,1-2H3;1H/t16?,19-,20+;/m0./s1. The van der Waals surface area contributed by atoms with Crippen molar-refractivity contribution in [3.05, 3.63) is 71.8 Å². The van der Waals surface area contributed by atoms with Gasteiger partial charge < -0.3 is 10.6 Å². The minimum absolute atomic E-state index is 0. The largest absolute Gasteiger partial charge is 0.340 e. The topological polar surface area (TPSA) is 49.6 Å². The van der Waals surface area contributed by atoms with Crippen LogP contribution in [0.4, 0.5) is 0 Å². The van der Waals surface area contributed by atoms with Gasteiger partial charge in [0.05, 0.1) is 6.04 Å². The molecule has 1 fully saturated rings. The predicted molar refractivity (Wildman–Crippen MR) is 108 cm³/mol. The summed E-state index contributed by atoms with van der Waals surface area (Å²) in [7, 11) is 1.87. The molecule has 1 aliphatic rings. The lowest BCUT2D eigenvalue weighted by molar-refractivity contribution is -0.135. The van der Waals surface area contributed by atoms with Crippen molar-refractivity contribution in [3.8, 4) is 0 Å². The molecule has 26 heavy (non-hydrogen) atoms. The lowest BCUT2D eigenvalue weighted by atomic mass is 9.95. The van der Waals surface area contributed by atoms with Crippen LogP contribution in [0.15, 0.2) is 60.7 Å². The molecule has 2 aromatic rings. The van der Waals surface area contributed by atoms with Crippen LogP contribution >= 0.6 is 12.4 Å². The molecule has 0 spiro atoms. The van der Waals surface area contributed by atoms with Crippen LogP contribution in [0.1, 0.15) is 24.0 Å². The van der Waals surface area contributed by atoms with Crippen molar-refractivity contribution in [2.75, 3.05) is 20.1 Å². The Labute approximate surface area is 162 Å². The lowest BCUT2D eigenvalue weighted by Crippen LogP contribution is -2.45. The maximum Gasteiger partial charge on any atom is 0.239 e. The molecule has 1 saturated heterocycles. The second kappa shape index (κ2) is 9.17. The first kappa shape index (κ1) is 20.4. The number of nitrogens with zero attached hydrogens (tertiary/aromatic N) is 2. The Bertz CT molecular complexity index is 695. The summed E-state index contributed by atoms with van der Waals surface area (Å²) in [6, 6.07) is 20.4. The van der Waals surface area contributed by atoms with Crippen molar-refractivity contribution in [2.24, 2.45) is 5.73 Å². The number of carbonyl (C=O) groups excluding carboxylic acids is 1. The summed E-state index contributed by atoms with van der Waals surface area (Å²) in [5, 5.41) is 0. The fourth-order valence-corrected chi connectivity index (χ4v) is 3.64. The number of rotatable bonds is 5. The molecule has 0 bridgehead atoms. The van der Waals surface area contributed by atoms with Crippen LogP contribution in [0.25, 0.3) is 0 Å². The van der Waals surface area contributed by atoms with Gasteiger partial charge >= 0.3 is 0 Å². The summed E-state index contributed by atoms with van der Waals surface area (Å²) >= 11 is 0. The smallest absolute Gasteiger partial charge is 0.239 e. The van der Waals surface area contributed by atoms with Gasteiger partial charge in [0.15, 0.2) is 0 Å². The zero-order valence-electron chi connectivity index (χ0n) is 15.4. The van der Waals surface area contributed by atoms with E-state index in [9.17, 15) is 4.79 Å². The molecule has 0 aromatic heterocycles. The van der Waals surface area contributed by atoms with Gasteiger partial charge in [0, 0.05) is 38.6 Å². The molecule has 4 nitrogen and oxygen atoms in total. The fourth-order valence-electron chi connectivity index (χ4n) is 3.64. The summed E-state index contributed by atoms with van der Waals surface area (Å²) in [5.74, 6) is 0.431. The van der Waals surface area contributed by atoms with E-state index >= 15 is 0 Å². The van der Waals surface area contributed by atoms with Gasteiger partial charge in [-0.25, -0.2) is 0 Å². The van der Waals surface area contributed by atoms with E-state index in [0.29, 0.717) is 6.54 Å². The van der Waals surface area contributed by atoms with Crippen LogP contribution in [-0.4, -0.2) is 47.9 Å². The van der Waals surface area contributed by atoms with Gasteiger partial charge in [-0.3, -0.25) is 9.69 Å². The average Bonchev–Trinajstić information content (AvgIpc) is 3.03. The molecule has 1 aliphatic heterocycles. The Morgan fingerprint density at radius 3 is 2.31 bits per heavy atom. The molecular formula is C21H28ClN3O. The number of likely N-dealkylation sites (tertiary alicyclic amines) is 1. The molecule has 2 aromatic carbocycles. The number of amides is 1. The highest BCUT2D eigenvalue weighted by Gasteiger charge is 2.36. The third-order valence-corrected chi connectivity index (χ3v) is 5.16. The van der Waals surface area contributed by atoms with E-state index in [1.54, 1.807) is 4.90 Å². The number of hydrogen-bond acceptors (Lipinski definition) is 3. The van der Waals surface area contributed by atoms with Crippen LogP contribution in [0.5, 0.6) is 0 Å². The molecule has 1 heterocycles. The molecule has 140 valence electrons. The highest BCUT2D eigenvalue weighted by Crippen LogP contribution is 2.28. The Balaban J connectivity index is 0.00000243. The maximum atomic E-state index is 12.8. The van der Waals surface area contributed by atoms with Crippen molar-refractivity contribution in [1.82, 2.24) is 9.80 Å². The predicted octanol–water partition coefficient (Wildman–Crippen LogP) is 2.88. The van der Waals surface area contributed by atoms with Gasteiger partial charge in [-0.2, -0.15) is 0 Å². The minimum Gasteiger partial charge on any atom is -0.340 e. The van der Waals surface area contributed by atoms with Crippen molar-refractivity contribution >= 4 is 18.3 Å². The van der Waals surface area contributed by atoms with E-state index in [1.807, 2.05) is 62.5 Å². The van der Waals surface area contributed by atoms with Gasteiger partial charge in [-0.05, 0) is 18.1 Å². The third-order valence-electron chi connectivity index (χ3n) is 5.16. The SMILES string of the molecule is CC(C(=O)N(C)Cc1ccccc1)N1C[C@@H](N)[C@H](c2ccccc2)C1.Cl. The number of hydrogen-bond donors (Lipinski definition) is 1. The Morgan fingerprint density at radius 1 is 1.12 bits per heavy atom. The summed E-state index contributed by atoms with van der Waals surface area (Å²) < 4.78 is 0. The van der Waals surface area contributed by atoms with E-state index in [0.717, 1.165) is 18.7 Å². The van der Waals surface area contributed by atoms with Crippen molar-refractivity contribution in [2.45, 2.75) is 31.5 Å². The molecular weight excluding hydrogens is 346 g/mol. The Hall–Kier alpha value is -1.88. The van der Waals surface area contributed by atoms with Gasteiger partial charge in [0.2, 0.25) is 5.91 Å². The van der Waals surface area contributed by atoms with Gasteiger partial charge in [0.25, 0.3) is 0 Å². The number of nitrogens with two attached hydrogens (primary N) is 1. The van der Waals surface area contributed by atoms with Crippen LogP contribution in [-0.2, 0) is 11.3 Å². The average molecular weight is 374 g/mol. The number of carbonyl (C=O) groups is 1. The highest BCUT2D eigenvalue weighted by atomic mass is 35.5. The molecule has 0 radical (unpaired) electrons. The van der Waals surface area contributed by atoms with Crippen LogP contribution in [0, 0.1) is 0 Å². The first-order valence-corrected chi connectivity index (χ1v) is 8.89. The summed E-state index contributed by atoms with van der Waals surface area (Å²) in [5.41, 5.74) is 8.78. The minimum atomic E-state index is -0.159. The number of likely N-dealkylation sites (N-methyl/N-ethyl adjacent to an activating group) is 1. The zero-order chi connectivity index (χ0) is 17.8. The van der Waals surface area contributed by atoms with Crippen LogP contribution in [0.2, 0.25) is 0 Å². The Kier molecular flexibility index (Phi) is 7.21.